The highest BCUT2D eigenvalue weighted by molar-refractivity contribution is 7.99. The second-order valence-electron chi connectivity index (χ2n) is 7.64. The highest BCUT2D eigenvalue weighted by Gasteiger charge is 1.98. The van der Waals surface area contributed by atoms with Crippen LogP contribution in [0.3, 0.4) is 0 Å². The van der Waals surface area contributed by atoms with E-state index in [2.05, 4.69) is 37.4 Å². The lowest BCUT2D eigenvalue weighted by molar-refractivity contribution is 0.358. The van der Waals surface area contributed by atoms with Gasteiger partial charge in [-0.15, -0.1) is 11.8 Å². The molecule has 0 aliphatic rings. The van der Waals surface area contributed by atoms with Gasteiger partial charge in [-0.05, 0) is 25.3 Å². The lowest BCUT2D eigenvalue weighted by atomic mass is 10.0. The second-order valence-corrected chi connectivity index (χ2v) is 8.72. The van der Waals surface area contributed by atoms with Crippen molar-refractivity contribution in [3.05, 3.63) is 0 Å². The van der Waals surface area contributed by atoms with Crippen molar-refractivity contribution in [1.29, 1.82) is 0 Å². The summed E-state index contributed by atoms with van der Waals surface area (Å²) in [6.45, 7) is 9.22. The van der Waals surface area contributed by atoms with Crippen molar-refractivity contribution in [1.82, 2.24) is 4.90 Å². The Morgan fingerprint density at radius 3 is 1.20 bits per heavy atom. The number of nitrogens with zero attached hydrogens (tertiary/aromatic N) is 1. The molecule has 0 atom stereocenters. The lowest BCUT2D eigenvalue weighted by Gasteiger charge is -2.16. The predicted molar refractivity (Wildman–Crippen MR) is 120 cm³/mol. The Morgan fingerprint density at radius 1 is 0.480 bits per heavy atom. The number of thioether (sulfide) groups is 1. The van der Waals surface area contributed by atoms with Gasteiger partial charge in [0.05, 0.1) is 0 Å². The summed E-state index contributed by atoms with van der Waals surface area (Å²) in [5.41, 5.74) is 0. The van der Waals surface area contributed by atoms with E-state index < -0.39 is 0 Å². The summed E-state index contributed by atoms with van der Waals surface area (Å²) in [6, 6.07) is 0. The van der Waals surface area contributed by atoms with Gasteiger partial charge >= 0.3 is 0 Å². The first kappa shape index (κ1) is 25.3. The Bertz CT molecular complexity index is 228. The molecular weight excluding hydrogens is 322 g/mol. The maximum atomic E-state index is 2.51. The molecule has 0 bridgehead atoms. The molecular formula is C23H49NS. The average molecular weight is 372 g/mol. The normalized spacial score (nSPS) is 11.5. The molecule has 0 spiro atoms. The van der Waals surface area contributed by atoms with Crippen LogP contribution in [-0.2, 0) is 0 Å². The fraction of sp³-hybridized carbons (Fsp3) is 1.00. The standard InChI is InChI=1S/C23H49NS/c1-4-7-8-9-10-11-12-13-14-15-16-17-18-19-20-21-22-25-23-24(5-2)6-3/h4-23H2,1-3H3. The SMILES string of the molecule is CCCCCCCCCCCCCCCCCCSCN(CC)CC. The van der Waals surface area contributed by atoms with Gasteiger partial charge in [0.15, 0.2) is 0 Å². The van der Waals surface area contributed by atoms with Crippen molar-refractivity contribution in [2.75, 3.05) is 24.7 Å². The van der Waals surface area contributed by atoms with Gasteiger partial charge < -0.3 is 0 Å². The predicted octanol–water partition coefficient (Wildman–Crippen LogP) is 8.28. The van der Waals surface area contributed by atoms with E-state index >= 15 is 0 Å². The molecule has 0 rings (SSSR count). The van der Waals surface area contributed by atoms with Crippen LogP contribution in [0.15, 0.2) is 0 Å². The molecule has 0 aliphatic carbocycles. The molecule has 0 fully saturated rings. The number of hydrogen-bond donors (Lipinski definition) is 0. The summed E-state index contributed by atoms with van der Waals surface area (Å²) in [5, 5.41) is 0. The molecule has 152 valence electrons. The zero-order valence-electron chi connectivity index (χ0n) is 18.0. The molecule has 0 radical (unpaired) electrons. The van der Waals surface area contributed by atoms with E-state index in [-0.39, 0.29) is 0 Å². The van der Waals surface area contributed by atoms with Crippen molar-refractivity contribution in [3.8, 4) is 0 Å². The first-order chi connectivity index (χ1) is 12.3. The number of hydrogen-bond acceptors (Lipinski definition) is 2. The van der Waals surface area contributed by atoms with Crippen molar-refractivity contribution < 1.29 is 0 Å². The lowest BCUT2D eigenvalue weighted by Crippen LogP contribution is -2.22. The fourth-order valence-corrected chi connectivity index (χ4v) is 4.51. The summed E-state index contributed by atoms with van der Waals surface area (Å²) in [7, 11) is 0. The van der Waals surface area contributed by atoms with Crippen LogP contribution in [0.1, 0.15) is 124 Å². The third-order valence-electron chi connectivity index (χ3n) is 5.31. The first-order valence-electron chi connectivity index (χ1n) is 11.6. The Balaban J connectivity index is 3.03. The van der Waals surface area contributed by atoms with E-state index in [4.69, 9.17) is 0 Å². The van der Waals surface area contributed by atoms with Crippen molar-refractivity contribution >= 4 is 11.8 Å². The minimum atomic E-state index is 1.20. The topological polar surface area (TPSA) is 3.24 Å². The molecule has 0 saturated heterocycles. The second kappa shape index (κ2) is 22.4. The van der Waals surface area contributed by atoms with Gasteiger partial charge in [0.2, 0.25) is 0 Å². The van der Waals surface area contributed by atoms with Gasteiger partial charge in [-0.2, -0.15) is 0 Å². The monoisotopic (exact) mass is 371 g/mol. The molecule has 0 heterocycles. The van der Waals surface area contributed by atoms with E-state index in [9.17, 15) is 0 Å². The molecule has 1 nitrogen and oxygen atoms in total. The van der Waals surface area contributed by atoms with Crippen LogP contribution in [0.4, 0.5) is 0 Å². The Labute approximate surface area is 165 Å². The Morgan fingerprint density at radius 2 is 0.840 bits per heavy atom. The van der Waals surface area contributed by atoms with Crippen LogP contribution in [0.25, 0.3) is 0 Å². The van der Waals surface area contributed by atoms with Gasteiger partial charge in [0.25, 0.3) is 0 Å². The van der Waals surface area contributed by atoms with Gasteiger partial charge in [-0.1, -0.05) is 117 Å². The molecule has 0 N–H and O–H groups in total. The van der Waals surface area contributed by atoms with Gasteiger partial charge in [0.1, 0.15) is 0 Å². The summed E-state index contributed by atoms with van der Waals surface area (Å²) in [6.07, 6.45) is 23.4. The minimum absolute atomic E-state index is 1.20. The summed E-state index contributed by atoms with van der Waals surface area (Å²) in [4.78, 5) is 2.51. The molecule has 2 heteroatoms. The van der Waals surface area contributed by atoms with Crippen LogP contribution in [0.5, 0.6) is 0 Å². The smallest absolute Gasteiger partial charge is 0.0444 e. The van der Waals surface area contributed by atoms with Crippen LogP contribution >= 0.6 is 11.8 Å². The molecule has 0 aromatic rings. The highest BCUT2D eigenvalue weighted by atomic mass is 32.2. The van der Waals surface area contributed by atoms with Crippen molar-refractivity contribution in [2.45, 2.75) is 124 Å². The molecule has 0 amide bonds. The maximum absolute atomic E-state index is 2.51. The zero-order valence-corrected chi connectivity index (χ0v) is 18.8. The summed E-state index contributed by atoms with van der Waals surface area (Å²) < 4.78 is 0. The largest absolute Gasteiger partial charge is 0.295 e. The van der Waals surface area contributed by atoms with Gasteiger partial charge in [0, 0.05) is 5.88 Å². The first-order valence-corrected chi connectivity index (χ1v) is 12.8. The third-order valence-corrected chi connectivity index (χ3v) is 6.44. The molecule has 0 unspecified atom stereocenters. The van der Waals surface area contributed by atoms with Crippen LogP contribution in [0, 0.1) is 0 Å². The molecule has 0 aromatic heterocycles. The fourth-order valence-electron chi connectivity index (χ4n) is 3.35. The van der Waals surface area contributed by atoms with Crippen molar-refractivity contribution in [2.24, 2.45) is 0 Å². The van der Waals surface area contributed by atoms with Gasteiger partial charge in [-0.25, -0.2) is 0 Å². The highest BCUT2D eigenvalue weighted by Crippen LogP contribution is 2.14. The van der Waals surface area contributed by atoms with Crippen LogP contribution < -0.4 is 0 Å². The number of unbranched alkanes of at least 4 members (excludes halogenated alkanes) is 15. The summed E-state index contributed by atoms with van der Waals surface area (Å²) in [5.74, 6) is 2.58. The quantitative estimate of drug-likeness (QED) is 0.147. The zero-order chi connectivity index (χ0) is 18.4. The molecule has 0 aliphatic heterocycles. The van der Waals surface area contributed by atoms with Crippen LogP contribution in [-0.4, -0.2) is 29.6 Å². The number of rotatable bonds is 21. The van der Waals surface area contributed by atoms with E-state index in [0.29, 0.717) is 0 Å². The van der Waals surface area contributed by atoms with E-state index in [1.165, 1.54) is 127 Å². The van der Waals surface area contributed by atoms with Gasteiger partial charge in [-0.3, -0.25) is 4.90 Å². The van der Waals surface area contributed by atoms with Crippen molar-refractivity contribution in [3.63, 3.8) is 0 Å². The van der Waals surface area contributed by atoms with E-state index in [0.717, 1.165) is 0 Å². The van der Waals surface area contributed by atoms with E-state index in [1.807, 2.05) is 0 Å². The minimum Gasteiger partial charge on any atom is -0.295 e. The average Bonchev–Trinajstić information content (AvgIpc) is 2.64. The molecule has 0 aromatic carbocycles. The Kier molecular flexibility index (Phi) is 22.6. The Hall–Kier alpha value is 0.310. The molecule has 0 saturated carbocycles. The third kappa shape index (κ3) is 20.5. The summed E-state index contributed by atoms with van der Waals surface area (Å²) >= 11 is 2.12. The van der Waals surface area contributed by atoms with Crippen LogP contribution in [0.2, 0.25) is 0 Å². The molecule has 25 heavy (non-hydrogen) atoms. The van der Waals surface area contributed by atoms with E-state index in [1.54, 1.807) is 0 Å². The maximum Gasteiger partial charge on any atom is 0.0444 e.